The van der Waals surface area contributed by atoms with Crippen molar-refractivity contribution < 1.29 is 0 Å². The maximum atomic E-state index is 12.8. The fourth-order valence-electron chi connectivity index (χ4n) is 2.86. The first-order chi connectivity index (χ1) is 11.1. The predicted molar refractivity (Wildman–Crippen MR) is 99.3 cm³/mol. The van der Waals surface area contributed by atoms with E-state index in [0.29, 0.717) is 0 Å². The average Bonchev–Trinajstić information content (AvgIpc) is 3.08. The van der Waals surface area contributed by atoms with Gasteiger partial charge in [0.25, 0.3) is 0 Å². The molecule has 0 atom stereocenters. The van der Waals surface area contributed by atoms with E-state index in [0.717, 1.165) is 50.3 Å². The van der Waals surface area contributed by atoms with E-state index in [-0.39, 0.29) is 5.43 Å². The van der Waals surface area contributed by atoms with Crippen molar-refractivity contribution in [2.45, 2.75) is 0 Å². The van der Waals surface area contributed by atoms with Gasteiger partial charge >= 0.3 is 0 Å². The molecule has 2 aromatic carbocycles. The molecule has 0 amide bonds. The molecule has 1 aliphatic heterocycles. The zero-order valence-corrected chi connectivity index (χ0v) is 13.9. The van der Waals surface area contributed by atoms with Gasteiger partial charge in [-0.3, -0.25) is 9.79 Å². The van der Waals surface area contributed by atoms with Gasteiger partial charge in [0.1, 0.15) is 5.84 Å². The summed E-state index contributed by atoms with van der Waals surface area (Å²) in [5, 5.41) is 4.85. The second kappa shape index (κ2) is 5.35. The molecule has 0 unspecified atom stereocenters. The van der Waals surface area contributed by atoms with E-state index < -0.39 is 0 Å². The Morgan fingerprint density at radius 2 is 1.96 bits per heavy atom. The van der Waals surface area contributed by atoms with Gasteiger partial charge in [-0.25, -0.2) is 0 Å². The van der Waals surface area contributed by atoms with Crippen LogP contribution in [0, 0.1) is 0 Å². The minimum atomic E-state index is 0.102. The van der Waals surface area contributed by atoms with Gasteiger partial charge in [0, 0.05) is 52.1 Å². The van der Waals surface area contributed by atoms with Crippen LogP contribution in [0.4, 0.5) is 5.69 Å². The number of hydrogen-bond donors (Lipinski definition) is 1. The molecule has 1 N–H and O–H groups in total. The summed E-state index contributed by atoms with van der Waals surface area (Å²) in [4.78, 5) is 19.3. The van der Waals surface area contributed by atoms with Crippen LogP contribution in [0.15, 0.2) is 46.2 Å². The van der Waals surface area contributed by atoms with Crippen LogP contribution in [0.2, 0.25) is 0 Å². The quantitative estimate of drug-likeness (QED) is 0.738. The zero-order valence-electron chi connectivity index (χ0n) is 13.1. The number of nitrogens with one attached hydrogen (secondary N) is 1. The Hall–Kier alpha value is -2.40. The highest BCUT2D eigenvalue weighted by Crippen LogP contribution is 2.28. The van der Waals surface area contributed by atoms with E-state index in [1.807, 2.05) is 43.3 Å². The second-order valence-electron chi connectivity index (χ2n) is 5.87. The molecule has 0 bridgehead atoms. The number of aliphatic imine (C=N–C) groups is 1. The highest BCUT2D eigenvalue weighted by Gasteiger charge is 2.12. The van der Waals surface area contributed by atoms with Crippen molar-refractivity contribution in [1.29, 1.82) is 0 Å². The fraction of sp³-hybridized carbons (Fsp3) is 0.222. The van der Waals surface area contributed by atoms with Crippen molar-refractivity contribution in [3.8, 4) is 0 Å². The SMILES string of the molecule is CN(C)c1ccc2sc3cc(C4=NCCN4)ccc3c(=O)c2c1. The first-order valence-corrected chi connectivity index (χ1v) is 8.42. The lowest BCUT2D eigenvalue weighted by molar-refractivity contribution is 0.960. The van der Waals surface area contributed by atoms with Crippen LogP contribution < -0.4 is 15.6 Å². The van der Waals surface area contributed by atoms with E-state index >= 15 is 0 Å². The molecule has 116 valence electrons. The summed E-state index contributed by atoms with van der Waals surface area (Å²) in [6.45, 7) is 1.70. The summed E-state index contributed by atoms with van der Waals surface area (Å²) < 4.78 is 2.03. The molecule has 2 heterocycles. The largest absolute Gasteiger partial charge is 0.378 e. The van der Waals surface area contributed by atoms with E-state index in [2.05, 4.69) is 22.4 Å². The highest BCUT2D eigenvalue weighted by atomic mass is 32.1. The number of nitrogens with zero attached hydrogens (tertiary/aromatic N) is 2. The molecule has 4 nitrogen and oxygen atoms in total. The maximum absolute atomic E-state index is 12.8. The average molecular weight is 323 g/mol. The molecule has 23 heavy (non-hydrogen) atoms. The molecular formula is C18H17N3OS. The molecule has 0 saturated heterocycles. The highest BCUT2D eigenvalue weighted by molar-refractivity contribution is 7.24. The summed E-state index contributed by atoms with van der Waals surface area (Å²) >= 11 is 1.66. The number of benzene rings is 2. The number of amidine groups is 1. The Kier molecular flexibility index (Phi) is 3.31. The monoisotopic (exact) mass is 323 g/mol. The van der Waals surface area contributed by atoms with Crippen molar-refractivity contribution in [1.82, 2.24) is 5.32 Å². The van der Waals surface area contributed by atoms with E-state index in [9.17, 15) is 4.79 Å². The standard InChI is InChI=1S/C18H17N3OS/c1-21(2)12-4-6-15-14(10-12)17(22)13-5-3-11(9-16(13)23-15)18-19-7-8-20-18/h3-6,9-10H,7-8H2,1-2H3,(H,19,20). The Morgan fingerprint density at radius 1 is 1.09 bits per heavy atom. The van der Waals surface area contributed by atoms with Gasteiger partial charge in [-0.15, -0.1) is 11.3 Å². The van der Waals surface area contributed by atoms with Crippen LogP contribution in [0.3, 0.4) is 0 Å². The van der Waals surface area contributed by atoms with Gasteiger partial charge in [-0.05, 0) is 30.3 Å². The molecule has 1 aliphatic rings. The molecule has 0 radical (unpaired) electrons. The lowest BCUT2D eigenvalue weighted by Gasteiger charge is -2.13. The normalized spacial score (nSPS) is 14.1. The molecule has 0 aliphatic carbocycles. The minimum absolute atomic E-state index is 0.102. The number of anilines is 1. The van der Waals surface area contributed by atoms with Gasteiger partial charge in [0.2, 0.25) is 0 Å². The molecular weight excluding hydrogens is 306 g/mol. The molecule has 4 rings (SSSR count). The van der Waals surface area contributed by atoms with Gasteiger partial charge < -0.3 is 10.2 Å². The van der Waals surface area contributed by atoms with Crippen LogP contribution in [0.5, 0.6) is 0 Å². The fourth-order valence-corrected chi connectivity index (χ4v) is 3.95. The Balaban J connectivity index is 1.96. The molecule has 3 aromatic rings. The van der Waals surface area contributed by atoms with Crippen molar-refractivity contribution in [3.05, 3.63) is 52.2 Å². The second-order valence-corrected chi connectivity index (χ2v) is 6.96. The third kappa shape index (κ3) is 2.37. The maximum Gasteiger partial charge on any atom is 0.195 e. The molecule has 1 aromatic heterocycles. The lowest BCUT2D eigenvalue weighted by atomic mass is 10.1. The van der Waals surface area contributed by atoms with Gasteiger partial charge in [0.15, 0.2) is 5.43 Å². The summed E-state index contributed by atoms with van der Waals surface area (Å²) in [5.74, 6) is 0.926. The Morgan fingerprint density at radius 3 is 2.70 bits per heavy atom. The van der Waals surface area contributed by atoms with Crippen LogP contribution in [-0.4, -0.2) is 33.0 Å². The van der Waals surface area contributed by atoms with Crippen molar-refractivity contribution in [2.75, 3.05) is 32.1 Å². The third-order valence-electron chi connectivity index (χ3n) is 4.12. The number of rotatable bonds is 2. The summed E-state index contributed by atoms with van der Waals surface area (Å²) in [6.07, 6.45) is 0. The molecule has 5 heteroatoms. The molecule has 0 fully saturated rings. The molecule has 0 spiro atoms. The van der Waals surface area contributed by atoms with Crippen molar-refractivity contribution >= 4 is 43.0 Å². The summed E-state index contributed by atoms with van der Waals surface area (Å²) in [6, 6.07) is 12.0. The van der Waals surface area contributed by atoms with Gasteiger partial charge in [0.05, 0.1) is 6.54 Å². The van der Waals surface area contributed by atoms with E-state index in [4.69, 9.17) is 0 Å². The van der Waals surface area contributed by atoms with Crippen molar-refractivity contribution in [3.63, 3.8) is 0 Å². The first kappa shape index (κ1) is 14.2. The summed E-state index contributed by atoms with van der Waals surface area (Å²) in [5.41, 5.74) is 2.20. The smallest absolute Gasteiger partial charge is 0.195 e. The Bertz CT molecular complexity index is 1000. The summed E-state index contributed by atoms with van der Waals surface area (Å²) in [7, 11) is 3.97. The first-order valence-electron chi connectivity index (χ1n) is 7.60. The number of hydrogen-bond acceptors (Lipinski definition) is 5. The van der Waals surface area contributed by atoms with Gasteiger partial charge in [-0.1, -0.05) is 6.07 Å². The number of fused-ring (bicyclic) bond motifs is 2. The third-order valence-corrected chi connectivity index (χ3v) is 5.25. The Labute approximate surface area is 138 Å². The van der Waals surface area contributed by atoms with Gasteiger partial charge in [-0.2, -0.15) is 0 Å². The van der Waals surface area contributed by atoms with Crippen LogP contribution in [-0.2, 0) is 0 Å². The molecule has 0 saturated carbocycles. The predicted octanol–water partition coefficient (Wildman–Crippen LogP) is 2.83. The van der Waals surface area contributed by atoms with Crippen LogP contribution in [0.25, 0.3) is 20.2 Å². The minimum Gasteiger partial charge on any atom is -0.378 e. The van der Waals surface area contributed by atoms with Crippen LogP contribution >= 0.6 is 11.3 Å². The van der Waals surface area contributed by atoms with E-state index in [1.165, 1.54) is 0 Å². The van der Waals surface area contributed by atoms with Crippen LogP contribution in [0.1, 0.15) is 5.56 Å². The lowest BCUT2D eigenvalue weighted by Crippen LogP contribution is -2.19. The van der Waals surface area contributed by atoms with E-state index in [1.54, 1.807) is 11.3 Å². The topological polar surface area (TPSA) is 44.7 Å². The van der Waals surface area contributed by atoms with Crippen molar-refractivity contribution in [2.24, 2.45) is 4.99 Å². The zero-order chi connectivity index (χ0) is 16.0.